The maximum absolute atomic E-state index is 13.3. The summed E-state index contributed by atoms with van der Waals surface area (Å²) in [6, 6.07) is 19.9. The molecular formula is C24H24Cl2N2O4S2. The van der Waals surface area contributed by atoms with Crippen molar-refractivity contribution in [3.05, 3.63) is 88.4 Å². The Morgan fingerprint density at radius 2 is 1.68 bits per heavy atom. The molecule has 0 atom stereocenters. The smallest absolute Gasteiger partial charge is 0.264 e. The Hall–Kier alpha value is -2.39. The van der Waals surface area contributed by atoms with E-state index in [1.807, 2.05) is 0 Å². The predicted octanol–water partition coefficient (Wildman–Crippen LogP) is 5.25. The lowest BCUT2D eigenvalue weighted by Gasteiger charge is -2.24. The zero-order chi connectivity index (χ0) is 24.6. The minimum Gasteiger partial charge on any atom is -0.497 e. The third-order valence-electron chi connectivity index (χ3n) is 4.84. The fraction of sp³-hybridized carbons (Fsp3) is 0.208. The van der Waals surface area contributed by atoms with Crippen LogP contribution in [-0.4, -0.2) is 40.3 Å². The Bertz CT molecular complexity index is 1200. The van der Waals surface area contributed by atoms with Gasteiger partial charge in [-0.15, -0.1) is 0 Å². The summed E-state index contributed by atoms with van der Waals surface area (Å²) < 4.78 is 33.0. The van der Waals surface area contributed by atoms with Crippen LogP contribution in [0.4, 0.5) is 5.69 Å². The highest BCUT2D eigenvalue weighted by Gasteiger charge is 2.27. The first-order chi connectivity index (χ1) is 16.3. The summed E-state index contributed by atoms with van der Waals surface area (Å²) in [5.74, 6) is 1.28. The van der Waals surface area contributed by atoms with E-state index in [2.05, 4.69) is 5.32 Å². The summed E-state index contributed by atoms with van der Waals surface area (Å²) in [5, 5.41) is 3.99. The summed E-state index contributed by atoms with van der Waals surface area (Å²) >= 11 is 13.9. The van der Waals surface area contributed by atoms with Crippen LogP contribution in [-0.2, 0) is 20.6 Å². The minimum atomic E-state index is -3.97. The van der Waals surface area contributed by atoms with Crippen molar-refractivity contribution in [2.45, 2.75) is 10.6 Å². The Labute approximate surface area is 214 Å². The van der Waals surface area contributed by atoms with Gasteiger partial charge < -0.3 is 10.1 Å². The molecule has 0 aromatic heterocycles. The SMILES string of the molecule is COc1cccc(N(CC(=O)NCCSCc2c(Cl)cccc2Cl)S(=O)(=O)c2ccccc2)c1. The highest BCUT2D eigenvalue weighted by Crippen LogP contribution is 2.28. The van der Waals surface area contributed by atoms with Gasteiger partial charge in [0.2, 0.25) is 5.91 Å². The number of amides is 1. The van der Waals surface area contributed by atoms with Gasteiger partial charge in [0, 0.05) is 34.2 Å². The van der Waals surface area contributed by atoms with E-state index >= 15 is 0 Å². The number of halogens is 2. The quantitative estimate of drug-likeness (QED) is 0.337. The van der Waals surface area contributed by atoms with E-state index in [-0.39, 0.29) is 11.4 Å². The van der Waals surface area contributed by atoms with Crippen LogP contribution in [0.5, 0.6) is 5.75 Å². The van der Waals surface area contributed by atoms with E-state index in [1.165, 1.54) is 19.2 Å². The van der Waals surface area contributed by atoms with Crippen LogP contribution >= 0.6 is 35.0 Å². The second kappa shape index (κ2) is 12.4. The number of carbonyl (C=O) groups excluding carboxylic acids is 1. The van der Waals surface area contributed by atoms with E-state index in [0.29, 0.717) is 39.5 Å². The molecule has 1 amide bonds. The molecule has 180 valence electrons. The van der Waals surface area contributed by atoms with Crippen molar-refractivity contribution in [1.82, 2.24) is 5.32 Å². The summed E-state index contributed by atoms with van der Waals surface area (Å²) in [5.41, 5.74) is 1.18. The number of anilines is 1. The van der Waals surface area contributed by atoms with E-state index in [4.69, 9.17) is 27.9 Å². The molecule has 0 bridgehead atoms. The lowest BCUT2D eigenvalue weighted by atomic mass is 10.2. The standard InChI is InChI=1S/C24H24Cl2N2O4S2/c1-32-19-8-5-7-18(15-19)28(34(30,31)20-9-3-2-4-10-20)16-24(29)27-13-14-33-17-21-22(25)11-6-12-23(21)26/h2-12,15H,13-14,16-17H2,1H3,(H,27,29). The number of nitrogens with one attached hydrogen (secondary N) is 1. The Kier molecular flexibility index (Phi) is 9.53. The van der Waals surface area contributed by atoms with Gasteiger partial charge in [0.15, 0.2) is 0 Å². The third kappa shape index (κ3) is 6.82. The molecule has 0 unspecified atom stereocenters. The molecule has 0 aliphatic rings. The number of thioether (sulfide) groups is 1. The van der Waals surface area contributed by atoms with E-state index in [1.54, 1.807) is 72.4 Å². The maximum Gasteiger partial charge on any atom is 0.264 e. The minimum absolute atomic E-state index is 0.0952. The van der Waals surface area contributed by atoms with Crippen molar-refractivity contribution in [3.8, 4) is 5.75 Å². The highest BCUT2D eigenvalue weighted by molar-refractivity contribution is 7.98. The first-order valence-electron chi connectivity index (χ1n) is 10.3. The van der Waals surface area contributed by atoms with Crippen molar-refractivity contribution < 1.29 is 17.9 Å². The zero-order valence-electron chi connectivity index (χ0n) is 18.4. The van der Waals surface area contributed by atoms with Gasteiger partial charge in [0.05, 0.1) is 17.7 Å². The molecule has 0 heterocycles. The molecule has 34 heavy (non-hydrogen) atoms. The number of hydrogen-bond acceptors (Lipinski definition) is 5. The number of sulfonamides is 1. The average molecular weight is 540 g/mol. The molecule has 1 N–H and O–H groups in total. The van der Waals surface area contributed by atoms with Crippen molar-refractivity contribution in [1.29, 1.82) is 0 Å². The van der Waals surface area contributed by atoms with Crippen molar-refractivity contribution in [2.75, 3.05) is 30.3 Å². The van der Waals surface area contributed by atoms with Gasteiger partial charge in [-0.05, 0) is 42.0 Å². The van der Waals surface area contributed by atoms with Crippen LogP contribution in [0.3, 0.4) is 0 Å². The summed E-state index contributed by atoms with van der Waals surface area (Å²) in [6.07, 6.45) is 0. The predicted molar refractivity (Wildman–Crippen MR) is 140 cm³/mol. The summed E-state index contributed by atoms with van der Waals surface area (Å²) in [4.78, 5) is 12.8. The lowest BCUT2D eigenvalue weighted by molar-refractivity contribution is -0.119. The molecule has 0 fully saturated rings. The fourth-order valence-corrected chi connectivity index (χ4v) is 6.12. The molecule has 0 spiro atoms. The van der Waals surface area contributed by atoms with Crippen LogP contribution in [0.25, 0.3) is 0 Å². The van der Waals surface area contributed by atoms with Gasteiger partial charge in [-0.3, -0.25) is 9.10 Å². The highest BCUT2D eigenvalue weighted by atomic mass is 35.5. The Morgan fingerprint density at radius 1 is 1.00 bits per heavy atom. The molecule has 3 aromatic rings. The monoisotopic (exact) mass is 538 g/mol. The van der Waals surface area contributed by atoms with Crippen LogP contribution < -0.4 is 14.4 Å². The number of hydrogen-bond donors (Lipinski definition) is 1. The van der Waals surface area contributed by atoms with Crippen molar-refractivity contribution in [2.24, 2.45) is 0 Å². The van der Waals surface area contributed by atoms with Gasteiger partial charge in [-0.1, -0.05) is 53.5 Å². The topological polar surface area (TPSA) is 75.7 Å². The molecular weight excluding hydrogens is 515 g/mol. The number of methoxy groups -OCH3 is 1. The molecule has 0 saturated heterocycles. The molecule has 3 rings (SSSR count). The van der Waals surface area contributed by atoms with Crippen LogP contribution in [0.15, 0.2) is 77.7 Å². The molecule has 0 saturated carbocycles. The molecule has 3 aromatic carbocycles. The fourth-order valence-electron chi connectivity index (χ4n) is 3.09. The first-order valence-corrected chi connectivity index (χ1v) is 13.7. The van der Waals surface area contributed by atoms with Crippen molar-refractivity contribution >= 4 is 56.6 Å². The molecule has 10 heteroatoms. The first kappa shape index (κ1) is 26.2. The average Bonchev–Trinajstić information content (AvgIpc) is 2.84. The number of benzene rings is 3. The lowest BCUT2D eigenvalue weighted by Crippen LogP contribution is -2.41. The van der Waals surface area contributed by atoms with Gasteiger partial charge >= 0.3 is 0 Å². The zero-order valence-corrected chi connectivity index (χ0v) is 21.6. The number of carbonyl (C=O) groups is 1. The van der Waals surface area contributed by atoms with Crippen LogP contribution in [0, 0.1) is 0 Å². The second-order valence-corrected chi connectivity index (χ2v) is 10.9. The summed E-state index contributed by atoms with van der Waals surface area (Å²) in [6.45, 7) is -0.00564. The van der Waals surface area contributed by atoms with Crippen LogP contribution in [0.1, 0.15) is 5.56 Å². The summed E-state index contributed by atoms with van der Waals surface area (Å²) in [7, 11) is -2.48. The Morgan fingerprint density at radius 3 is 2.35 bits per heavy atom. The second-order valence-electron chi connectivity index (χ2n) is 7.13. The van der Waals surface area contributed by atoms with E-state index < -0.39 is 15.9 Å². The number of ether oxygens (including phenoxy) is 1. The normalized spacial score (nSPS) is 11.1. The third-order valence-corrected chi connectivity index (χ3v) is 8.32. The maximum atomic E-state index is 13.3. The van der Waals surface area contributed by atoms with Gasteiger partial charge in [-0.25, -0.2) is 8.42 Å². The van der Waals surface area contributed by atoms with Gasteiger partial charge in [0.25, 0.3) is 10.0 Å². The number of nitrogens with zero attached hydrogens (tertiary/aromatic N) is 1. The van der Waals surface area contributed by atoms with E-state index in [0.717, 1.165) is 9.87 Å². The van der Waals surface area contributed by atoms with Gasteiger partial charge in [-0.2, -0.15) is 11.8 Å². The Balaban J connectivity index is 1.66. The molecule has 0 aliphatic heterocycles. The molecule has 6 nitrogen and oxygen atoms in total. The van der Waals surface area contributed by atoms with Gasteiger partial charge in [0.1, 0.15) is 12.3 Å². The van der Waals surface area contributed by atoms with Crippen LogP contribution in [0.2, 0.25) is 10.0 Å². The molecule has 0 aliphatic carbocycles. The number of rotatable bonds is 11. The van der Waals surface area contributed by atoms with E-state index in [9.17, 15) is 13.2 Å². The largest absolute Gasteiger partial charge is 0.497 e. The van der Waals surface area contributed by atoms with Crippen molar-refractivity contribution in [3.63, 3.8) is 0 Å². The molecule has 0 radical (unpaired) electrons.